The third-order valence-electron chi connectivity index (χ3n) is 4.19. The SMILES string of the molecule is COc1cc(NC2CCCC(CC(C)C)C2)c(Br)cc1Br. The average Bonchev–Trinajstić information content (AvgIpc) is 2.41. The van der Waals surface area contributed by atoms with Crippen molar-refractivity contribution >= 4 is 37.5 Å². The van der Waals surface area contributed by atoms with Crippen LogP contribution in [-0.4, -0.2) is 13.2 Å². The fourth-order valence-corrected chi connectivity index (χ4v) is 4.59. The Hall–Kier alpha value is -0.220. The molecule has 4 heteroatoms. The lowest BCUT2D eigenvalue weighted by Crippen LogP contribution is -2.28. The standard InChI is InChI=1S/C17H25Br2NO/c1-11(2)7-12-5-4-6-13(8-12)20-16-10-17(21-3)15(19)9-14(16)18/h9-13,20H,4-8H2,1-3H3. The normalized spacial score (nSPS) is 22.4. The summed E-state index contributed by atoms with van der Waals surface area (Å²) in [7, 11) is 1.71. The van der Waals surface area contributed by atoms with Crippen molar-refractivity contribution in [1.82, 2.24) is 0 Å². The lowest BCUT2D eigenvalue weighted by atomic mass is 9.81. The van der Waals surface area contributed by atoms with E-state index in [1.807, 2.05) is 0 Å². The van der Waals surface area contributed by atoms with Gasteiger partial charge in [-0.1, -0.05) is 26.7 Å². The second-order valence-electron chi connectivity index (χ2n) is 6.47. The number of methoxy groups -OCH3 is 1. The summed E-state index contributed by atoms with van der Waals surface area (Å²) in [6.45, 7) is 4.65. The molecule has 118 valence electrons. The van der Waals surface area contributed by atoms with Gasteiger partial charge in [-0.05, 0) is 69.0 Å². The van der Waals surface area contributed by atoms with E-state index in [9.17, 15) is 0 Å². The van der Waals surface area contributed by atoms with Crippen molar-refractivity contribution in [3.8, 4) is 5.75 Å². The first-order valence-electron chi connectivity index (χ1n) is 7.79. The molecule has 0 spiro atoms. The van der Waals surface area contributed by atoms with Gasteiger partial charge in [-0.25, -0.2) is 0 Å². The van der Waals surface area contributed by atoms with Gasteiger partial charge in [-0.15, -0.1) is 0 Å². The number of halogens is 2. The highest BCUT2D eigenvalue weighted by Gasteiger charge is 2.23. The summed E-state index contributed by atoms with van der Waals surface area (Å²) in [6, 6.07) is 4.69. The van der Waals surface area contributed by atoms with Gasteiger partial charge >= 0.3 is 0 Å². The fourth-order valence-electron chi connectivity index (χ4n) is 3.32. The molecule has 2 unspecified atom stereocenters. The number of rotatable bonds is 5. The van der Waals surface area contributed by atoms with E-state index in [1.54, 1.807) is 7.11 Å². The van der Waals surface area contributed by atoms with Crippen molar-refractivity contribution in [2.45, 2.75) is 52.0 Å². The minimum Gasteiger partial charge on any atom is -0.495 e. The maximum atomic E-state index is 5.40. The predicted molar refractivity (Wildman–Crippen MR) is 97.2 cm³/mol. The molecule has 1 fully saturated rings. The topological polar surface area (TPSA) is 21.3 Å². The highest BCUT2D eigenvalue weighted by atomic mass is 79.9. The maximum Gasteiger partial charge on any atom is 0.135 e. The summed E-state index contributed by atoms with van der Waals surface area (Å²) < 4.78 is 7.46. The molecule has 1 aromatic carbocycles. The molecule has 1 N–H and O–H groups in total. The van der Waals surface area contributed by atoms with E-state index in [-0.39, 0.29) is 0 Å². The lowest BCUT2D eigenvalue weighted by Gasteiger charge is -2.31. The van der Waals surface area contributed by atoms with Crippen LogP contribution in [-0.2, 0) is 0 Å². The second kappa shape index (κ2) is 7.87. The smallest absolute Gasteiger partial charge is 0.135 e. The minimum absolute atomic E-state index is 0.574. The Balaban J connectivity index is 2.04. The van der Waals surface area contributed by atoms with Crippen LogP contribution in [0.2, 0.25) is 0 Å². The van der Waals surface area contributed by atoms with Crippen molar-refractivity contribution in [3.05, 3.63) is 21.1 Å². The Morgan fingerprint density at radius 1 is 1.24 bits per heavy atom. The van der Waals surface area contributed by atoms with Crippen molar-refractivity contribution in [2.24, 2.45) is 11.8 Å². The van der Waals surface area contributed by atoms with E-state index in [0.29, 0.717) is 6.04 Å². The third-order valence-corrected chi connectivity index (χ3v) is 5.46. The van der Waals surface area contributed by atoms with Crippen molar-refractivity contribution in [2.75, 3.05) is 12.4 Å². The monoisotopic (exact) mass is 417 g/mol. The zero-order chi connectivity index (χ0) is 15.4. The zero-order valence-electron chi connectivity index (χ0n) is 13.1. The van der Waals surface area contributed by atoms with Crippen LogP contribution in [0.1, 0.15) is 46.0 Å². The molecule has 21 heavy (non-hydrogen) atoms. The Morgan fingerprint density at radius 3 is 2.67 bits per heavy atom. The molecular weight excluding hydrogens is 394 g/mol. The fraction of sp³-hybridized carbons (Fsp3) is 0.647. The van der Waals surface area contributed by atoms with E-state index >= 15 is 0 Å². The van der Waals surface area contributed by atoms with E-state index in [4.69, 9.17) is 4.74 Å². The highest BCUT2D eigenvalue weighted by molar-refractivity contribution is 9.11. The zero-order valence-corrected chi connectivity index (χ0v) is 16.3. The van der Waals surface area contributed by atoms with Gasteiger partial charge < -0.3 is 10.1 Å². The van der Waals surface area contributed by atoms with E-state index in [1.165, 1.54) is 32.1 Å². The van der Waals surface area contributed by atoms with Crippen LogP contribution in [0.15, 0.2) is 21.1 Å². The Bertz CT molecular complexity index is 476. The van der Waals surface area contributed by atoms with Crippen LogP contribution in [0.4, 0.5) is 5.69 Å². The predicted octanol–water partition coefficient (Wildman–Crippen LogP) is 6.24. The summed E-state index contributed by atoms with van der Waals surface area (Å²) in [6.07, 6.45) is 6.62. The molecule has 0 bridgehead atoms. The molecule has 1 aliphatic rings. The lowest BCUT2D eigenvalue weighted by molar-refractivity contribution is 0.289. The van der Waals surface area contributed by atoms with Crippen LogP contribution in [0.3, 0.4) is 0 Å². The first-order valence-corrected chi connectivity index (χ1v) is 9.37. The second-order valence-corrected chi connectivity index (χ2v) is 8.18. The summed E-state index contributed by atoms with van der Waals surface area (Å²) in [5.41, 5.74) is 1.13. The minimum atomic E-state index is 0.574. The molecular formula is C17H25Br2NO. The Morgan fingerprint density at radius 2 is 2.00 bits per heavy atom. The molecule has 0 aliphatic heterocycles. The molecule has 1 aromatic rings. The summed E-state index contributed by atoms with van der Waals surface area (Å²) in [5, 5.41) is 3.71. The van der Waals surface area contributed by atoms with Crippen LogP contribution < -0.4 is 10.1 Å². The van der Waals surface area contributed by atoms with Crippen molar-refractivity contribution < 1.29 is 4.74 Å². The average molecular weight is 419 g/mol. The molecule has 0 aromatic heterocycles. The van der Waals surface area contributed by atoms with Crippen LogP contribution in [0, 0.1) is 11.8 Å². The van der Waals surface area contributed by atoms with Crippen molar-refractivity contribution in [3.63, 3.8) is 0 Å². The summed E-state index contributed by atoms with van der Waals surface area (Å²) >= 11 is 7.17. The van der Waals surface area contributed by atoms with Crippen LogP contribution in [0.5, 0.6) is 5.75 Å². The number of hydrogen-bond acceptors (Lipinski definition) is 2. The van der Waals surface area contributed by atoms with Gasteiger partial charge in [-0.3, -0.25) is 0 Å². The number of hydrogen-bond donors (Lipinski definition) is 1. The van der Waals surface area contributed by atoms with E-state index in [0.717, 1.165) is 32.2 Å². The molecule has 0 radical (unpaired) electrons. The van der Waals surface area contributed by atoms with Gasteiger partial charge in [0.1, 0.15) is 5.75 Å². The third kappa shape index (κ3) is 4.88. The quantitative estimate of drug-likeness (QED) is 0.611. The molecule has 0 saturated heterocycles. The maximum absolute atomic E-state index is 5.40. The van der Waals surface area contributed by atoms with Gasteiger partial charge in [0.25, 0.3) is 0 Å². The summed E-state index contributed by atoms with van der Waals surface area (Å²) in [5.74, 6) is 2.54. The van der Waals surface area contributed by atoms with E-state index in [2.05, 4.69) is 63.2 Å². The first kappa shape index (κ1) is 17.1. The number of benzene rings is 1. The van der Waals surface area contributed by atoms with Gasteiger partial charge in [0.15, 0.2) is 0 Å². The van der Waals surface area contributed by atoms with Crippen LogP contribution in [0.25, 0.3) is 0 Å². The van der Waals surface area contributed by atoms with Crippen molar-refractivity contribution in [1.29, 1.82) is 0 Å². The molecule has 0 amide bonds. The highest BCUT2D eigenvalue weighted by Crippen LogP contribution is 2.37. The largest absolute Gasteiger partial charge is 0.495 e. The molecule has 1 aliphatic carbocycles. The van der Waals surface area contributed by atoms with Gasteiger partial charge in [0.2, 0.25) is 0 Å². The van der Waals surface area contributed by atoms with Gasteiger partial charge in [-0.2, -0.15) is 0 Å². The molecule has 2 nitrogen and oxygen atoms in total. The Labute approximate surface area is 145 Å². The number of ether oxygens (including phenoxy) is 1. The van der Waals surface area contributed by atoms with Crippen LogP contribution >= 0.6 is 31.9 Å². The van der Waals surface area contributed by atoms with Gasteiger partial charge in [0, 0.05) is 16.6 Å². The number of nitrogens with one attached hydrogen (secondary N) is 1. The Kier molecular flexibility index (Phi) is 6.42. The molecule has 2 atom stereocenters. The molecule has 1 saturated carbocycles. The van der Waals surface area contributed by atoms with Gasteiger partial charge in [0.05, 0.1) is 17.3 Å². The van der Waals surface area contributed by atoms with E-state index < -0.39 is 0 Å². The molecule has 0 heterocycles. The first-order chi connectivity index (χ1) is 9.99. The summed E-state index contributed by atoms with van der Waals surface area (Å²) in [4.78, 5) is 0. The molecule has 2 rings (SSSR count). The number of anilines is 1.